The fraction of sp³-hybridized carbons (Fsp3) is 0.200. The molecule has 3 rings (SSSR count). The van der Waals surface area contributed by atoms with E-state index in [1.54, 1.807) is 36.4 Å². The minimum absolute atomic E-state index is 0.206. The van der Waals surface area contributed by atoms with Crippen LogP contribution >= 0.6 is 0 Å². The lowest BCUT2D eigenvalue weighted by Gasteiger charge is -2.16. The van der Waals surface area contributed by atoms with Crippen molar-refractivity contribution in [3.8, 4) is 11.5 Å². The molecular weight excluding hydrogens is 394 g/mol. The summed E-state index contributed by atoms with van der Waals surface area (Å²) in [4.78, 5) is 25.3. The molecule has 0 spiro atoms. The number of amides is 1. The average Bonchev–Trinajstić information content (AvgIpc) is 2.80. The van der Waals surface area contributed by atoms with E-state index >= 15 is 0 Å². The van der Waals surface area contributed by atoms with Crippen molar-refractivity contribution in [2.24, 2.45) is 0 Å². The molecule has 31 heavy (non-hydrogen) atoms. The Morgan fingerprint density at radius 2 is 1.55 bits per heavy atom. The molecule has 0 radical (unpaired) electrons. The Balaban J connectivity index is 1.64. The number of ether oxygens (including phenoxy) is 3. The predicted molar refractivity (Wildman–Crippen MR) is 118 cm³/mol. The first-order valence-electron chi connectivity index (χ1n) is 10.1. The molecule has 0 saturated carbocycles. The molecule has 1 amide bonds. The highest BCUT2D eigenvalue weighted by atomic mass is 16.5. The average molecular weight is 419 g/mol. The molecule has 0 fully saturated rings. The van der Waals surface area contributed by atoms with Crippen LogP contribution in [0.2, 0.25) is 0 Å². The summed E-state index contributed by atoms with van der Waals surface area (Å²) >= 11 is 0. The topological polar surface area (TPSA) is 73.9 Å². The van der Waals surface area contributed by atoms with Gasteiger partial charge in [-0.3, -0.25) is 4.79 Å². The largest absolute Gasteiger partial charge is 0.492 e. The number of para-hydroxylation sites is 3. The van der Waals surface area contributed by atoms with Crippen LogP contribution in [0.4, 0.5) is 5.69 Å². The van der Waals surface area contributed by atoms with Gasteiger partial charge in [-0.1, -0.05) is 48.5 Å². The number of benzene rings is 3. The molecule has 0 aliphatic rings. The van der Waals surface area contributed by atoms with Gasteiger partial charge in [0.2, 0.25) is 0 Å². The Hall–Kier alpha value is -3.80. The van der Waals surface area contributed by atoms with Gasteiger partial charge in [0.15, 0.2) is 6.10 Å². The van der Waals surface area contributed by atoms with E-state index in [4.69, 9.17) is 14.2 Å². The first kappa shape index (κ1) is 21.9. The fourth-order valence-electron chi connectivity index (χ4n) is 2.89. The molecule has 6 nitrogen and oxygen atoms in total. The minimum Gasteiger partial charge on any atom is -0.492 e. The zero-order valence-corrected chi connectivity index (χ0v) is 17.5. The minimum atomic E-state index is -0.995. The zero-order valence-electron chi connectivity index (χ0n) is 17.5. The Bertz CT molecular complexity index is 1020. The van der Waals surface area contributed by atoms with Gasteiger partial charge in [-0.2, -0.15) is 0 Å². The quantitative estimate of drug-likeness (QED) is 0.502. The van der Waals surface area contributed by atoms with Crippen LogP contribution in [0.15, 0.2) is 78.9 Å². The maximum Gasteiger partial charge on any atom is 0.339 e. The van der Waals surface area contributed by atoms with Crippen molar-refractivity contribution >= 4 is 17.6 Å². The summed E-state index contributed by atoms with van der Waals surface area (Å²) in [5.74, 6) is 0.221. The summed E-state index contributed by atoms with van der Waals surface area (Å²) in [6, 6.07) is 23.4. The zero-order chi connectivity index (χ0) is 22.1. The lowest BCUT2D eigenvalue weighted by molar-refractivity contribution is -0.123. The van der Waals surface area contributed by atoms with E-state index in [-0.39, 0.29) is 6.61 Å². The smallest absolute Gasteiger partial charge is 0.339 e. The van der Waals surface area contributed by atoms with Gasteiger partial charge < -0.3 is 19.5 Å². The summed E-state index contributed by atoms with van der Waals surface area (Å²) in [5, 5.41) is 2.75. The van der Waals surface area contributed by atoms with E-state index < -0.39 is 18.0 Å². The van der Waals surface area contributed by atoms with Gasteiger partial charge in [0, 0.05) is 5.56 Å². The van der Waals surface area contributed by atoms with E-state index in [9.17, 15) is 9.59 Å². The van der Waals surface area contributed by atoms with E-state index in [1.807, 2.05) is 49.4 Å². The van der Waals surface area contributed by atoms with Crippen LogP contribution in [-0.4, -0.2) is 24.6 Å². The second kappa shape index (κ2) is 10.8. The molecular formula is C25H25NO5. The Morgan fingerprint density at radius 1 is 0.871 bits per heavy atom. The number of esters is 1. The van der Waals surface area contributed by atoms with E-state index in [2.05, 4.69) is 5.32 Å². The lowest BCUT2D eigenvalue weighted by Crippen LogP contribution is -2.30. The molecule has 0 aliphatic carbocycles. The number of hydrogen-bond acceptors (Lipinski definition) is 5. The molecule has 3 aromatic rings. The number of nitrogens with one attached hydrogen (secondary N) is 1. The molecule has 0 aromatic heterocycles. The van der Waals surface area contributed by atoms with Crippen LogP contribution in [0, 0.1) is 0 Å². The summed E-state index contributed by atoms with van der Waals surface area (Å²) in [5.41, 5.74) is 1.55. The predicted octanol–water partition coefficient (Wildman–Crippen LogP) is 4.85. The third kappa shape index (κ3) is 6.09. The Kier molecular flexibility index (Phi) is 7.65. The third-order valence-corrected chi connectivity index (χ3v) is 4.47. The molecule has 0 bridgehead atoms. The summed E-state index contributed by atoms with van der Waals surface area (Å²) in [7, 11) is 0. The highest BCUT2D eigenvalue weighted by molar-refractivity contribution is 5.98. The van der Waals surface area contributed by atoms with Gasteiger partial charge in [0.25, 0.3) is 5.91 Å². The number of carbonyl (C=O) groups is 2. The van der Waals surface area contributed by atoms with Gasteiger partial charge in [-0.05, 0) is 44.2 Å². The van der Waals surface area contributed by atoms with Crippen LogP contribution in [0.25, 0.3) is 0 Å². The van der Waals surface area contributed by atoms with Gasteiger partial charge in [-0.15, -0.1) is 0 Å². The highest BCUT2D eigenvalue weighted by Gasteiger charge is 2.22. The van der Waals surface area contributed by atoms with E-state index in [0.717, 1.165) is 0 Å². The van der Waals surface area contributed by atoms with Gasteiger partial charge in [0.1, 0.15) is 18.1 Å². The first-order chi connectivity index (χ1) is 15.1. The molecule has 1 atom stereocenters. The number of anilines is 1. The molecule has 0 heterocycles. The van der Waals surface area contributed by atoms with E-state index in [0.29, 0.717) is 34.9 Å². The van der Waals surface area contributed by atoms with Crippen molar-refractivity contribution in [2.45, 2.75) is 26.6 Å². The normalized spacial score (nSPS) is 11.3. The molecule has 0 saturated heterocycles. The van der Waals surface area contributed by atoms with Crippen molar-refractivity contribution in [2.75, 3.05) is 11.9 Å². The van der Waals surface area contributed by atoms with Crippen molar-refractivity contribution in [1.29, 1.82) is 0 Å². The van der Waals surface area contributed by atoms with Crippen LogP contribution in [-0.2, 0) is 16.1 Å². The number of rotatable bonds is 9. The second-order valence-corrected chi connectivity index (χ2v) is 6.72. The standard InChI is InChI=1S/C25H25NO5/c1-3-29-23-16-10-9-15-22(23)26-24(27)18(2)31-25(28)21-14-8-7-11-19(21)17-30-20-12-5-4-6-13-20/h4-16,18H,3,17H2,1-2H3,(H,26,27)/t18-/m1/s1. The molecule has 6 heteroatoms. The second-order valence-electron chi connectivity index (χ2n) is 6.72. The van der Waals surface area contributed by atoms with Gasteiger partial charge in [-0.25, -0.2) is 4.79 Å². The fourth-order valence-corrected chi connectivity index (χ4v) is 2.89. The summed E-state index contributed by atoms with van der Waals surface area (Å²) in [6.45, 7) is 4.07. The summed E-state index contributed by atoms with van der Waals surface area (Å²) < 4.78 is 16.7. The van der Waals surface area contributed by atoms with Crippen LogP contribution in [0.1, 0.15) is 29.8 Å². The van der Waals surface area contributed by atoms with Crippen molar-refractivity contribution in [1.82, 2.24) is 0 Å². The Labute approximate surface area is 181 Å². The van der Waals surface area contributed by atoms with Crippen LogP contribution < -0.4 is 14.8 Å². The maximum atomic E-state index is 12.7. The van der Waals surface area contributed by atoms with E-state index in [1.165, 1.54) is 6.92 Å². The van der Waals surface area contributed by atoms with Crippen LogP contribution in [0.3, 0.4) is 0 Å². The SMILES string of the molecule is CCOc1ccccc1NC(=O)[C@@H](C)OC(=O)c1ccccc1COc1ccccc1. The maximum absolute atomic E-state index is 12.7. The highest BCUT2D eigenvalue weighted by Crippen LogP contribution is 2.24. The molecule has 0 aliphatic heterocycles. The molecule has 1 N–H and O–H groups in total. The van der Waals surface area contributed by atoms with Crippen molar-refractivity contribution in [3.05, 3.63) is 90.0 Å². The number of carbonyl (C=O) groups excluding carboxylic acids is 2. The van der Waals surface area contributed by atoms with Crippen molar-refractivity contribution in [3.63, 3.8) is 0 Å². The third-order valence-electron chi connectivity index (χ3n) is 4.47. The van der Waals surface area contributed by atoms with Gasteiger partial charge in [0.05, 0.1) is 17.9 Å². The molecule has 160 valence electrons. The molecule has 3 aromatic carbocycles. The van der Waals surface area contributed by atoms with Crippen molar-refractivity contribution < 1.29 is 23.8 Å². The first-order valence-corrected chi connectivity index (χ1v) is 10.1. The van der Waals surface area contributed by atoms with Crippen LogP contribution in [0.5, 0.6) is 11.5 Å². The van der Waals surface area contributed by atoms with Gasteiger partial charge >= 0.3 is 5.97 Å². The lowest BCUT2D eigenvalue weighted by atomic mass is 10.1. The molecule has 0 unspecified atom stereocenters. The summed E-state index contributed by atoms with van der Waals surface area (Å²) in [6.07, 6.45) is -0.995. The Morgan fingerprint density at radius 3 is 2.32 bits per heavy atom. The monoisotopic (exact) mass is 419 g/mol. The number of hydrogen-bond donors (Lipinski definition) is 1.